The van der Waals surface area contributed by atoms with E-state index in [9.17, 15) is 0 Å². The zero-order chi connectivity index (χ0) is 13.0. The third kappa shape index (κ3) is 3.05. The van der Waals surface area contributed by atoms with Crippen molar-refractivity contribution in [3.63, 3.8) is 0 Å². The largest absolute Gasteiger partial charge is 0.374 e. The highest BCUT2D eigenvalue weighted by Gasteiger charge is 2.31. The van der Waals surface area contributed by atoms with Gasteiger partial charge in [0.1, 0.15) is 0 Å². The average molecular weight is 246 g/mol. The van der Waals surface area contributed by atoms with Crippen LogP contribution in [0.25, 0.3) is 0 Å². The Labute approximate surface area is 111 Å². The van der Waals surface area contributed by atoms with Crippen LogP contribution < -0.4 is 10.6 Å². The van der Waals surface area contributed by atoms with Gasteiger partial charge >= 0.3 is 0 Å². The number of nitrogens with zero attached hydrogens (tertiary/aromatic N) is 1. The Balaban J connectivity index is 2.04. The van der Waals surface area contributed by atoms with Crippen LogP contribution >= 0.6 is 0 Å². The van der Waals surface area contributed by atoms with Crippen molar-refractivity contribution in [2.45, 2.75) is 39.0 Å². The molecule has 1 aromatic rings. The van der Waals surface area contributed by atoms with E-state index in [1.54, 1.807) is 0 Å². The van der Waals surface area contributed by atoms with E-state index in [2.05, 4.69) is 43.1 Å². The molecule has 0 atom stereocenters. The third-order valence-electron chi connectivity index (χ3n) is 4.39. The number of aryl methyl sites for hydroxylation is 1. The minimum Gasteiger partial charge on any atom is -0.374 e. The van der Waals surface area contributed by atoms with Crippen LogP contribution in [0.2, 0.25) is 0 Å². The van der Waals surface area contributed by atoms with Crippen LogP contribution in [0.3, 0.4) is 0 Å². The zero-order valence-electron chi connectivity index (χ0n) is 11.8. The molecule has 0 heterocycles. The van der Waals surface area contributed by atoms with Crippen LogP contribution in [-0.2, 0) is 0 Å². The fraction of sp³-hybridized carbons (Fsp3) is 0.625. The van der Waals surface area contributed by atoms with E-state index in [-0.39, 0.29) is 0 Å². The first-order chi connectivity index (χ1) is 8.65. The Morgan fingerprint density at radius 3 is 2.28 bits per heavy atom. The number of benzene rings is 1. The molecule has 1 aromatic carbocycles. The predicted molar refractivity (Wildman–Crippen MR) is 79.0 cm³/mol. The van der Waals surface area contributed by atoms with Gasteiger partial charge in [0, 0.05) is 24.7 Å². The van der Waals surface area contributed by atoms with Gasteiger partial charge in [-0.3, -0.25) is 0 Å². The first kappa shape index (κ1) is 13.4. The summed E-state index contributed by atoms with van der Waals surface area (Å²) in [6.45, 7) is 4.04. The van der Waals surface area contributed by atoms with Gasteiger partial charge in [0.05, 0.1) is 0 Å². The molecule has 0 bridgehead atoms. The second-order valence-corrected chi connectivity index (χ2v) is 5.96. The van der Waals surface area contributed by atoms with Crippen LogP contribution in [0.5, 0.6) is 0 Å². The lowest BCUT2D eigenvalue weighted by Crippen LogP contribution is -2.42. The fourth-order valence-corrected chi connectivity index (χ4v) is 3.12. The summed E-state index contributed by atoms with van der Waals surface area (Å²) in [5.41, 5.74) is 9.03. The highest BCUT2D eigenvalue weighted by molar-refractivity contribution is 5.46. The van der Waals surface area contributed by atoms with Crippen molar-refractivity contribution >= 4 is 5.69 Å². The van der Waals surface area contributed by atoms with Crippen molar-refractivity contribution in [2.24, 2.45) is 11.1 Å². The molecule has 100 valence electrons. The normalized spacial score (nSPS) is 18.6. The molecule has 0 saturated heterocycles. The Morgan fingerprint density at radius 1 is 1.11 bits per heavy atom. The molecule has 0 aliphatic heterocycles. The standard InChI is InChI=1S/C16H26N2/c1-14-6-8-15(9-7-14)18(2)13-16(12-17)10-4-3-5-11-16/h6-9H,3-5,10-13,17H2,1-2H3. The van der Waals surface area contributed by atoms with Gasteiger partial charge in [0.15, 0.2) is 0 Å². The van der Waals surface area contributed by atoms with Crippen molar-refractivity contribution in [3.05, 3.63) is 29.8 Å². The van der Waals surface area contributed by atoms with Gasteiger partial charge in [0.25, 0.3) is 0 Å². The van der Waals surface area contributed by atoms with Crippen molar-refractivity contribution in [3.8, 4) is 0 Å². The van der Waals surface area contributed by atoms with Crippen molar-refractivity contribution in [2.75, 3.05) is 25.0 Å². The first-order valence-electron chi connectivity index (χ1n) is 7.13. The Hall–Kier alpha value is -1.02. The highest BCUT2D eigenvalue weighted by atomic mass is 15.1. The molecule has 2 nitrogen and oxygen atoms in total. The second-order valence-electron chi connectivity index (χ2n) is 5.96. The lowest BCUT2D eigenvalue weighted by atomic mass is 9.73. The van der Waals surface area contributed by atoms with Crippen molar-refractivity contribution in [1.82, 2.24) is 0 Å². The van der Waals surface area contributed by atoms with Crippen molar-refractivity contribution < 1.29 is 0 Å². The molecule has 2 N–H and O–H groups in total. The van der Waals surface area contributed by atoms with Crippen LogP contribution in [0.4, 0.5) is 5.69 Å². The van der Waals surface area contributed by atoms with E-state index in [4.69, 9.17) is 5.73 Å². The predicted octanol–water partition coefficient (Wildman–Crippen LogP) is 3.34. The number of hydrogen-bond donors (Lipinski definition) is 1. The molecular weight excluding hydrogens is 220 g/mol. The second kappa shape index (κ2) is 5.75. The van der Waals surface area contributed by atoms with E-state index in [1.807, 2.05) is 0 Å². The topological polar surface area (TPSA) is 29.3 Å². The van der Waals surface area contributed by atoms with Gasteiger partial charge in [-0.2, -0.15) is 0 Å². The molecule has 0 spiro atoms. The summed E-state index contributed by atoms with van der Waals surface area (Å²) in [7, 11) is 2.19. The Bertz CT molecular complexity index is 363. The molecule has 1 aliphatic carbocycles. The summed E-state index contributed by atoms with van der Waals surface area (Å²) in [4.78, 5) is 2.37. The molecule has 18 heavy (non-hydrogen) atoms. The number of rotatable bonds is 4. The summed E-state index contributed by atoms with van der Waals surface area (Å²) in [5.74, 6) is 0. The molecule has 0 unspecified atom stereocenters. The van der Waals surface area contributed by atoms with Gasteiger partial charge in [-0.25, -0.2) is 0 Å². The van der Waals surface area contributed by atoms with Gasteiger partial charge in [0.2, 0.25) is 0 Å². The first-order valence-corrected chi connectivity index (χ1v) is 7.13. The minimum absolute atomic E-state index is 0.345. The maximum absolute atomic E-state index is 6.06. The van der Waals surface area contributed by atoms with Gasteiger partial charge in [-0.15, -0.1) is 0 Å². The molecule has 1 aliphatic rings. The maximum Gasteiger partial charge on any atom is 0.0363 e. The van der Waals surface area contributed by atoms with Crippen LogP contribution in [0, 0.1) is 12.3 Å². The maximum atomic E-state index is 6.06. The molecule has 0 aromatic heterocycles. The van der Waals surface area contributed by atoms with Gasteiger partial charge in [-0.1, -0.05) is 37.0 Å². The smallest absolute Gasteiger partial charge is 0.0363 e. The SMILES string of the molecule is Cc1ccc(N(C)CC2(CN)CCCCC2)cc1. The van der Waals surface area contributed by atoms with E-state index in [0.717, 1.165) is 13.1 Å². The summed E-state index contributed by atoms with van der Waals surface area (Å²) in [5, 5.41) is 0. The third-order valence-corrected chi connectivity index (χ3v) is 4.39. The fourth-order valence-electron chi connectivity index (χ4n) is 3.12. The molecular formula is C16H26N2. The average Bonchev–Trinajstić information content (AvgIpc) is 2.40. The Morgan fingerprint density at radius 2 is 1.72 bits per heavy atom. The lowest BCUT2D eigenvalue weighted by Gasteiger charge is -2.40. The summed E-state index contributed by atoms with van der Waals surface area (Å²) < 4.78 is 0. The lowest BCUT2D eigenvalue weighted by molar-refractivity contribution is 0.206. The van der Waals surface area contributed by atoms with Crippen LogP contribution in [-0.4, -0.2) is 20.1 Å². The molecule has 1 fully saturated rings. The van der Waals surface area contributed by atoms with Gasteiger partial charge < -0.3 is 10.6 Å². The summed E-state index contributed by atoms with van der Waals surface area (Å²) >= 11 is 0. The monoisotopic (exact) mass is 246 g/mol. The van der Waals surface area contributed by atoms with E-state index >= 15 is 0 Å². The van der Waals surface area contributed by atoms with E-state index in [0.29, 0.717) is 5.41 Å². The zero-order valence-corrected chi connectivity index (χ0v) is 11.8. The quantitative estimate of drug-likeness (QED) is 0.883. The summed E-state index contributed by atoms with van der Waals surface area (Å²) in [6, 6.07) is 8.79. The number of hydrogen-bond acceptors (Lipinski definition) is 2. The molecule has 2 heteroatoms. The van der Waals surface area contributed by atoms with Gasteiger partial charge in [-0.05, 0) is 38.4 Å². The Kier molecular flexibility index (Phi) is 4.28. The van der Waals surface area contributed by atoms with Crippen LogP contribution in [0.1, 0.15) is 37.7 Å². The minimum atomic E-state index is 0.345. The number of nitrogens with two attached hydrogens (primary N) is 1. The number of anilines is 1. The summed E-state index contributed by atoms with van der Waals surface area (Å²) in [6.07, 6.45) is 6.66. The van der Waals surface area contributed by atoms with E-state index < -0.39 is 0 Å². The highest BCUT2D eigenvalue weighted by Crippen LogP contribution is 2.36. The van der Waals surface area contributed by atoms with E-state index in [1.165, 1.54) is 43.4 Å². The molecule has 0 amide bonds. The molecule has 0 radical (unpaired) electrons. The molecule has 2 rings (SSSR count). The van der Waals surface area contributed by atoms with Crippen molar-refractivity contribution in [1.29, 1.82) is 0 Å². The molecule has 1 saturated carbocycles. The van der Waals surface area contributed by atoms with Crippen LogP contribution in [0.15, 0.2) is 24.3 Å².